The summed E-state index contributed by atoms with van der Waals surface area (Å²) in [4.78, 5) is 48.6. The Morgan fingerprint density at radius 3 is 2.55 bits per heavy atom. The van der Waals surface area contributed by atoms with Gasteiger partial charge in [-0.2, -0.15) is 15.0 Å². The number of rotatable bonds is 11. The summed E-state index contributed by atoms with van der Waals surface area (Å²) in [5.74, 6) is -0.479. The predicted molar refractivity (Wildman–Crippen MR) is 124 cm³/mol. The van der Waals surface area contributed by atoms with E-state index in [-0.39, 0.29) is 61.8 Å². The number of carbonyl (C=O) groups excluding carboxylic acids is 3. The number of nitrogen functional groups attached to an aromatic ring is 1. The van der Waals surface area contributed by atoms with E-state index in [1.165, 1.54) is 11.3 Å². The number of aromatic nitrogens is 3. The molecule has 0 bridgehead atoms. The van der Waals surface area contributed by atoms with E-state index in [0.29, 0.717) is 4.88 Å². The van der Waals surface area contributed by atoms with Crippen LogP contribution >= 0.6 is 11.3 Å². The number of hydrogen-bond donors (Lipinski definition) is 3. The Morgan fingerprint density at radius 2 is 1.82 bits per heavy atom. The number of esters is 1. The summed E-state index contributed by atoms with van der Waals surface area (Å²) < 4.78 is 5.15. The summed E-state index contributed by atoms with van der Waals surface area (Å²) in [7, 11) is 0. The van der Waals surface area contributed by atoms with Crippen molar-refractivity contribution in [2.75, 3.05) is 17.6 Å². The van der Waals surface area contributed by atoms with Crippen molar-refractivity contribution in [3.8, 4) is 0 Å². The standard InChI is InChI=1S/C22H24N6O4S/c1-14-4-6-15(7-5-14)25-22-27-18(26-21(23)28-22)13-32-20(31)10-11-24-19(30)9-8-16(29)17-3-2-12-33-17/h2-7,12H,8-11,13H2,1H3,(H,24,30)(H3,23,25,26,27,28). The first-order chi connectivity index (χ1) is 15.9. The van der Waals surface area contributed by atoms with Crippen LogP contribution in [0.1, 0.15) is 40.3 Å². The normalized spacial score (nSPS) is 10.5. The zero-order valence-corrected chi connectivity index (χ0v) is 18.9. The summed E-state index contributed by atoms with van der Waals surface area (Å²) in [6.45, 7) is 1.90. The quantitative estimate of drug-likeness (QED) is 0.285. The lowest BCUT2D eigenvalue weighted by Crippen LogP contribution is -2.26. The number of nitrogens with zero attached hydrogens (tertiary/aromatic N) is 3. The number of aryl methyl sites for hydroxylation is 1. The molecule has 0 atom stereocenters. The average molecular weight is 469 g/mol. The minimum absolute atomic E-state index is 0.00461. The first-order valence-electron chi connectivity index (χ1n) is 10.2. The highest BCUT2D eigenvalue weighted by atomic mass is 32.1. The summed E-state index contributed by atoms with van der Waals surface area (Å²) in [6.07, 6.45) is 0.156. The lowest BCUT2D eigenvalue weighted by atomic mass is 10.2. The van der Waals surface area contributed by atoms with E-state index in [9.17, 15) is 14.4 Å². The fraction of sp³-hybridized carbons (Fsp3) is 0.273. The van der Waals surface area contributed by atoms with Crippen LogP contribution in [0.15, 0.2) is 41.8 Å². The number of nitrogens with two attached hydrogens (primary N) is 1. The third-order valence-electron chi connectivity index (χ3n) is 4.40. The van der Waals surface area contributed by atoms with Gasteiger partial charge >= 0.3 is 5.97 Å². The summed E-state index contributed by atoms with van der Waals surface area (Å²) in [6, 6.07) is 11.1. The van der Waals surface area contributed by atoms with Gasteiger partial charge in [0.1, 0.15) is 0 Å². The topological polar surface area (TPSA) is 149 Å². The number of hydrogen-bond acceptors (Lipinski definition) is 10. The van der Waals surface area contributed by atoms with Crippen LogP contribution in [-0.2, 0) is 20.9 Å². The molecule has 0 aliphatic heterocycles. The monoisotopic (exact) mass is 468 g/mol. The Hall–Kier alpha value is -3.86. The second-order valence-electron chi connectivity index (χ2n) is 7.09. The smallest absolute Gasteiger partial charge is 0.308 e. The first kappa shape index (κ1) is 23.8. The van der Waals surface area contributed by atoms with Crippen molar-refractivity contribution in [2.24, 2.45) is 0 Å². The highest BCUT2D eigenvalue weighted by Crippen LogP contribution is 2.15. The molecule has 4 N–H and O–H groups in total. The third-order valence-corrected chi connectivity index (χ3v) is 5.31. The Labute approximate surface area is 194 Å². The van der Waals surface area contributed by atoms with Gasteiger partial charge in [0.05, 0.1) is 11.3 Å². The number of nitrogens with one attached hydrogen (secondary N) is 2. The van der Waals surface area contributed by atoms with Crippen LogP contribution in [0, 0.1) is 6.92 Å². The number of ether oxygens (including phenoxy) is 1. The van der Waals surface area contributed by atoms with Crippen LogP contribution < -0.4 is 16.4 Å². The van der Waals surface area contributed by atoms with Gasteiger partial charge in [-0.25, -0.2) is 0 Å². The van der Waals surface area contributed by atoms with Crippen molar-refractivity contribution in [1.82, 2.24) is 20.3 Å². The molecule has 2 aromatic heterocycles. The lowest BCUT2D eigenvalue weighted by molar-refractivity contribution is -0.145. The molecule has 3 rings (SSSR count). The zero-order chi connectivity index (χ0) is 23.6. The highest BCUT2D eigenvalue weighted by Gasteiger charge is 2.12. The molecule has 10 nitrogen and oxygen atoms in total. The number of anilines is 3. The molecular formula is C22H24N6O4S. The van der Waals surface area contributed by atoms with Gasteiger partial charge in [-0.15, -0.1) is 11.3 Å². The molecule has 1 aromatic carbocycles. The van der Waals surface area contributed by atoms with E-state index >= 15 is 0 Å². The van der Waals surface area contributed by atoms with Crippen molar-refractivity contribution in [3.63, 3.8) is 0 Å². The maximum absolute atomic E-state index is 12.0. The SMILES string of the molecule is Cc1ccc(Nc2nc(N)nc(COC(=O)CCNC(=O)CCC(=O)c3cccs3)n2)cc1. The molecule has 0 saturated heterocycles. The lowest BCUT2D eigenvalue weighted by Gasteiger charge is -2.09. The number of Topliss-reactive ketones (excluding diaryl/α,β-unsaturated/α-hetero) is 1. The van der Waals surface area contributed by atoms with Crippen LogP contribution in [0.2, 0.25) is 0 Å². The van der Waals surface area contributed by atoms with E-state index in [2.05, 4.69) is 25.6 Å². The minimum Gasteiger partial charge on any atom is -0.457 e. The zero-order valence-electron chi connectivity index (χ0n) is 18.0. The van der Waals surface area contributed by atoms with Crippen LogP contribution in [0.4, 0.5) is 17.6 Å². The molecular weight excluding hydrogens is 444 g/mol. The fourth-order valence-corrected chi connectivity index (χ4v) is 3.42. The van der Waals surface area contributed by atoms with Crippen LogP contribution in [0.5, 0.6) is 0 Å². The highest BCUT2D eigenvalue weighted by molar-refractivity contribution is 7.12. The van der Waals surface area contributed by atoms with Gasteiger partial charge in [-0.1, -0.05) is 23.8 Å². The van der Waals surface area contributed by atoms with Crippen molar-refractivity contribution < 1.29 is 19.1 Å². The van der Waals surface area contributed by atoms with Gasteiger partial charge in [-0.05, 0) is 30.5 Å². The van der Waals surface area contributed by atoms with Crippen molar-refractivity contribution in [1.29, 1.82) is 0 Å². The van der Waals surface area contributed by atoms with Gasteiger partial charge in [0.25, 0.3) is 0 Å². The van der Waals surface area contributed by atoms with Crippen molar-refractivity contribution >= 4 is 46.6 Å². The number of carbonyl (C=O) groups is 3. The van der Waals surface area contributed by atoms with Crippen molar-refractivity contribution in [3.05, 3.63) is 58.0 Å². The first-order valence-corrected chi connectivity index (χ1v) is 11.1. The summed E-state index contributed by atoms with van der Waals surface area (Å²) >= 11 is 1.34. The van der Waals surface area contributed by atoms with Crippen molar-refractivity contribution in [2.45, 2.75) is 32.8 Å². The third kappa shape index (κ3) is 7.96. The summed E-state index contributed by atoms with van der Waals surface area (Å²) in [5.41, 5.74) is 7.62. The van der Waals surface area contributed by atoms with Gasteiger partial charge in [-0.3, -0.25) is 14.4 Å². The Kier molecular flexibility index (Phi) is 8.42. The molecule has 3 aromatic rings. The van der Waals surface area contributed by atoms with E-state index in [0.717, 1.165) is 11.3 Å². The Morgan fingerprint density at radius 1 is 1.03 bits per heavy atom. The van der Waals surface area contributed by atoms with Gasteiger partial charge in [0.15, 0.2) is 18.2 Å². The molecule has 1 amide bonds. The predicted octanol–water partition coefficient (Wildman–Crippen LogP) is 2.78. The van der Waals surface area contributed by atoms with Crippen LogP contribution in [0.3, 0.4) is 0 Å². The van der Waals surface area contributed by atoms with Crippen LogP contribution in [0.25, 0.3) is 0 Å². The van der Waals surface area contributed by atoms with E-state index in [1.807, 2.05) is 36.6 Å². The Balaban J connectivity index is 1.38. The molecule has 0 radical (unpaired) electrons. The Bertz CT molecular complexity index is 1100. The molecule has 0 unspecified atom stereocenters. The molecule has 2 heterocycles. The molecule has 11 heteroatoms. The number of amides is 1. The molecule has 33 heavy (non-hydrogen) atoms. The van der Waals surface area contributed by atoms with Gasteiger partial charge < -0.3 is 21.1 Å². The van der Waals surface area contributed by atoms with E-state index in [1.54, 1.807) is 12.1 Å². The molecule has 0 saturated carbocycles. The van der Waals surface area contributed by atoms with E-state index in [4.69, 9.17) is 10.5 Å². The maximum Gasteiger partial charge on any atom is 0.308 e. The second kappa shape index (κ2) is 11.7. The van der Waals surface area contributed by atoms with Gasteiger partial charge in [0, 0.05) is 25.1 Å². The molecule has 0 aliphatic rings. The second-order valence-corrected chi connectivity index (χ2v) is 8.03. The average Bonchev–Trinajstić information content (AvgIpc) is 3.32. The minimum atomic E-state index is -0.531. The fourth-order valence-electron chi connectivity index (χ4n) is 2.72. The molecule has 0 fully saturated rings. The summed E-state index contributed by atoms with van der Waals surface area (Å²) in [5, 5.41) is 7.44. The maximum atomic E-state index is 12.0. The van der Waals surface area contributed by atoms with E-state index < -0.39 is 5.97 Å². The molecule has 0 spiro atoms. The number of thiophene rings is 1. The molecule has 0 aliphatic carbocycles. The number of benzene rings is 1. The number of ketones is 1. The largest absolute Gasteiger partial charge is 0.457 e. The molecule has 172 valence electrons. The van der Waals surface area contributed by atoms with Crippen LogP contribution in [-0.4, -0.2) is 39.2 Å². The van der Waals surface area contributed by atoms with Gasteiger partial charge in [0.2, 0.25) is 17.8 Å².